The maximum Gasteiger partial charge on any atom is 0.0453 e. The van der Waals surface area contributed by atoms with Crippen LogP contribution in [0.3, 0.4) is 0 Å². The topological polar surface area (TPSA) is 3.24 Å². The molecule has 4 aromatic carbocycles. The van der Waals surface area contributed by atoms with Crippen molar-refractivity contribution < 1.29 is 0 Å². The second-order valence-corrected chi connectivity index (χ2v) is 9.17. The average molecular weight is 366 g/mol. The minimum absolute atomic E-state index is 0.0488. The van der Waals surface area contributed by atoms with Gasteiger partial charge in [-0.1, -0.05) is 88.4 Å². The number of benzene rings is 4. The van der Waals surface area contributed by atoms with Crippen LogP contribution in [0, 0.1) is 0 Å². The van der Waals surface area contributed by atoms with E-state index in [1.54, 1.807) is 0 Å². The molecule has 0 N–H and O–H groups in total. The summed E-state index contributed by atoms with van der Waals surface area (Å²) in [4.78, 5) is 2.40. The van der Waals surface area contributed by atoms with Crippen LogP contribution < -0.4 is 4.90 Å². The lowest BCUT2D eigenvalue weighted by Gasteiger charge is -2.43. The molecule has 0 radical (unpaired) electrons. The number of hydrogen-bond acceptors (Lipinski definition) is 1. The molecule has 28 heavy (non-hydrogen) atoms. The maximum atomic E-state index is 2.42. The molecule has 1 aliphatic rings. The van der Waals surface area contributed by atoms with E-state index in [-0.39, 0.29) is 10.8 Å². The van der Waals surface area contributed by atoms with Gasteiger partial charge in [-0.3, -0.25) is 0 Å². The highest BCUT2D eigenvalue weighted by atomic mass is 15.1. The smallest absolute Gasteiger partial charge is 0.0453 e. The Kier molecular flexibility index (Phi) is 3.47. The van der Waals surface area contributed by atoms with E-state index in [9.17, 15) is 0 Å². The SMILES string of the molecule is CN1c2ccc3ccccc3c2C(C)(C)C(C)(C)c2c1ccc1ccccc21. The predicted octanol–water partition coefficient (Wildman–Crippen LogP) is 7.33. The standard InChI is InChI=1S/C27H27N/c1-26(2)24-20-12-8-6-10-18(20)14-16-22(24)28(5)23-17-15-19-11-7-9-13-21(19)25(23)27(26,3)4/h6-17H,1-5H3. The summed E-state index contributed by atoms with van der Waals surface area (Å²) in [5.41, 5.74) is 5.41. The third-order valence-corrected chi connectivity index (χ3v) is 7.35. The minimum atomic E-state index is -0.0488. The Labute approximate surface area is 167 Å². The molecule has 4 aromatic rings. The highest BCUT2D eigenvalue weighted by Gasteiger charge is 2.46. The molecule has 0 unspecified atom stereocenters. The van der Waals surface area contributed by atoms with Crippen LogP contribution in [-0.2, 0) is 10.8 Å². The van der Waals surface area contributed by atoms with Crippen molar-refractivity contribution in [3.05, 3.63) is 83.9 Å². The van der Waals surface area contributed by atoms with Crippen molar-refractivity contribution in [3.8, 4) is 0 Å². The second-order valence-electron chi connectivity index (χ2n) is 9.17. The Balaban J connectivity index is 1.97. The van der Waals surface area contributed by atoms with Gasteiger partial charge in [0.25, 0.3) is 0 Å². The summed E-state index contributed by atoms with van der Waals surface area (Å²) >= 11 is 0. The second kappa shape index (κ2) is 5.61. The van der Waals surface area contributed by atoms with E-state index in [0.717, 1.165) is 0 Å². The molecular weight excluding hydrogens is 338 g/mol. The van der Waals surface area contributed by atoms with E-state index >= 15 is 0 Å². The number of rotatable bonds is 0. The Morgan fingerprint density at radius 1 is 0.536 bits per heavy atom. The average Bonchev–Trinajstić information content (AvgIpc) is 2.75. The van der Waals surface area contributed by atoms with Gasteiger partial charge in [0, 0.05) is 29.3 Å². The normalized spacial score (nSPS) is 17.2. The van der Waals surface area contributed by atoms with Crippen molar-refractivity contribution in [3.63, 3.8) is 0 Å². The lowest BCUT2D eigenvalue weighted by molar-refractivity contribution is 0.311. The van der Waals surface area contributed by atoms with Crippen LogP contribution in [0.25, 0.3) is 21.5 Å². The van der Waals surface area contributed by atoms with Crippen molar-refractivity contribution in [2.45, 2.75) is 38.5 Å². The van der Waals surface area contributed by atoms with Crippen LogP contribution in [0.4, 0.5) is 11.4 Å². The molecule has 0 spiro atoms. The summed E-state index contributed by atoms with van der Waals surface area (Å²) in [6.45, 7) is 9.68. The number of nitrogens with zero attached hydrogens (tertiary/aromatic N) is 1. The molecule has 0 fully saturated rings. The molecule has 1 nitrogen and oxygen atoms in total. The van der Waals surface area contributed by atoms with Crippen LogP contribution in [0.2, 0.25) is 0 Å². The summed E-state index contributed by atoms with van der Waals surface area (Å²) < 4.78 is 0. The maximum absolute atomic E-state index is 2.42. The fourth-order valence-electron chi connectivity index (χ4n) is 5.15. The summed E-state index contributed by atoms with van der Waals surface area (Å²) in [7, 11) is 2.22. The largest absolute Gasteiger partial charge is 0.344 e. The van der Waals surface area contributed by atoms with E-state index in [4.69, 9.17) is 0 Å². The van der Waals surface area contributed by atoms with Crippen molar-refractivity contribution in [1.29, 1.82) is 0 Å². The molecule has 1 heteroatoms. The summed E-state index contributed by atoms with van der Waals surface area (Å²) in [5.74, 6) is 0. The molecule has 0 aliphatic carbocycles. The van der Waals surface area contributed by atoms with Gasteiger partial charge in [0.05, 0.1) is 0 Å². The van der Waals surface area contributed by atoms with Gasteiger partial charge in [0.1, 0.15) is 0 Å². The Bertz CT molecular complexity index is 1130. The monoisotopic (exact) mass is 365 g/mol. The highest BCUT2D eigenvalue weighted by Crippen LogP contribution is 2.56. The molecule has 0 saturated carbocycles. The minimum Gasteiger partial charge on any atom is -0.344 e. The summed E-state index contributed by atoms with van der Waals surface area (Å²) in [5, 5.41) is 5.35. The molecular formula is C27H27N. The quantitative estimate of drug-likeness (QED) is 0.315. The van der Waals surface area contributed by atoms with Gasteiger partial charge in [0.15, 0.2) is 0 Å². The number of hydrogen-bond donors (Lipinski definition) is 0. The van der Waals surface area contributed by atoms with Crippen molar-refractivity contribution in [2.24, 2.45) is 0 Å². The Morgan fingerprint density at radius 3 is 1.36 bits per heavy atom. The zero-order valence-corrected chi connectivity index (χ0v) is 17.4. The lowest BCUT2D eigenvalue weighted by atomic mass is 9.59. The van der Waals surface area contributed by atoms with Crippen LogP contribution in [-0.4, -0.2) is 7.05 Å². The molecule has 0 aromatic heterocycles. The fraction of sp³-hybridized carbons (Fsp3) is 0.259. The van der Waals surface area contributed by atoms with Gasteiger partial charge in [-0.2, -0.15) is 0 Å². The molecule has 0 amide bonds. The van der Waals surface area contributed by atoms with Crippen LogP contribution in [0.1, 0.15) is 38.8 Å². The van der Waals surface area contributed by atoms with Gasteiger partial charge in [-0.05, 0) is 44.8 Å². The molecule has 1 heterocycles. The van der Waals surface area contributed by atoms with Gasteiger partial charge in [-0.25, -0.2) is 0 Å². The summed E-state index contributed by atoms with van der Waals surface area (Å²) in [6, 6.07) is 26.8. The van der Waals surface area contributed by atoms with Crippen LogP contribution >= 0.6 is 0 Å². The first-order valence-electron chi connectivity index (χ1n) is 10.1. The predicted molar refractivity (Wildman–Crippen MR) is 122 cm³/mol. The van der Waals surface area contributed by atoms with Crippen molar-refractivity contribution >= 4 is 32.9 Å². The van der Waals surface area contributed by atoms with E-state index in [1.807, 2.05) is 0 Å². The third-order valence-electron chi connectivity index (χ3n) is 7.35. The zero-order chi connectivity index (χ0) is 19.7. The van der Waals surface area contributed by atoms with Crippen molar-refractivity contribution in [1.82, 2.24) is 0 Å². The Morgan fingerprint density at radius 2 is 0.929 bits per heavy atom. The molecule has 0 atom stereocenters. The fourth-order valence-corrected chi connectivity index (χ4v) is 5.15. The molecule has 5 rings (SSSR count). The lowest BCUT2D eigenvalue weighted by Crippen LogP contribution is -2.40. The molecule has 140 valence electrons. The van der Waals surface area contributed by atoms with Gasteiger partial charge >= 0.3 is 0 Å². The molecule has 0 bridgehead atoms. The molecule has 1 aliphatic heterocycles. The zero-order valence-electron chi connectivity index (χ0n) is 17.4. The third kappa shape index (κ3) is 2.08. The Hall–Kier alpha value is -2.80. The highest BCUT2D eigenvalue weighted by molar-refractivity contribution is 5.98. The van der Waals surface area contributed by atoms with E-state index < -0.39 is 0 Å². The van der Waals surface area contributed by atoms with E-state index in [2.05, 4.69) is 112 Å². The first-order chi connectivity index (χ1) is 13.3. The first-order valence-corrected chi connectivity index (χ1v) is 10.1. The van der Waals surface area contributed by atoms with Crippen LogP contribution in [0.15, 0.2) is 72.8 Å². The molecule has 0 saturated heterocycles. The summed E-state index contributed by atoms with van der Waals surface area (Å²) in [6.07, 6.45) is 0. The van der Waals surface area contributed by atoms with Gasteiger partial charge in [0.2, 0.25) is 0 Å². The van der Waals surface area contributed by atoms with Crippen LogP contribution in [0.5, 0.6) is 0 Å². The van der Waals surface area contributed by atoms with Gasteiger partial charge < -0.3 is 4.90 Å². The van der Waals surface area contributed by atoms with E-state index in [0.29, 0.717) is 0 Å². The van der Waals surface area contributed by atoms with Gasteiger partial charge in [-0.15, -0.1) is 0 Å². The number of anilines is 2. The van der Waals surface area contributed by atoms with E-state index in [1.165, 1.54) is 44.0 Å². The first kappa shape index (κ1) is 17.3. The number of fused-ring (bicyclic) bond motifs is 6. The van der Waals surface area contributed by atoms with Crippen molar-refractivity contribution in [2.75, 3.05) is 11.9 Å².